The van der Waals surface area contributed by atoms with Gasteiger partial charge in [0.1, 0.15) is 22.7 Å². The number of halogens is 1. The molecule has 1 atom stereocenters. The van der Waals surface area contributed by atoms with E-state index in [4.69, 9.17) is 4.99 Å². The molecule has 5 rings (SSSR count). The highest BCUT2D eigenvalue weighted by Gasteiger charge is 2.32. The van der Waals surface area contributed by atoms with E-state index in [9.17, 15) is 19.1 Å². The molecule has 0 fully saturated rings. The van der Waals surface area contributed by atoms with Crippen molar-refractivity contribution in [3.8, 4) is 5.00 Å². The van der Waals surface area contributed by atoms with Gasteiger partial charge >= 0.3 is 5.97 Å². The van der Waals surface area contributed by atoms with Gasteiger partial charge < -0.3 is 10.4 Å². The fourth-order valence-corrected chi connectivity index (χ4v) is 5.75. The van der Waals surface area contributed by atoms with Gasteiger partial charge in [-0.05, 0) is 62.6 Å². The maximum absolute atomic E-state index is 13.1. The van der Waals surface area contributed by atoms with Crippen LogP contribution >= 0.6 is 11.3 Å². The summed E-state index contributed by atoms with van der Waals surface area (Å²) in [5.41, 5.74) is 5.02. The summed E-state index contributed by atoms with van der Waals surface area (Å²) in [6.07, 6.45) is 0.567. The molecule has 2 aromatic carbocycles. The first-order valence-electron chi connectivity index (χ1n) is 12.2. The summed E-state index contributed by atoms with van der Waals surface area (Å²) in [4.78, 5) is 30.2. The van der Waals surface area contributed by atoms with Crippen LogP contribution in [0.15, 0.2) is 53.5 Å². The summed E-state index contributed by atoms with van der Waals surface area (Å²) >= 11 is 1.60. The van der Waals surface area contributed by atoms with Crippen molar-refractivity contribution in [2.24, 2.45) is 4.99 Å². The Labute approximate surface area is 222 Å². The molecule has 4 aromatic rings. The lowest BCUT2D eigenvalue weighted by Crippen LogP contribution is -2.13. The third-order valence-electron chi connectivity index (χ3n) is 6.60. The SMILES string of the molecule is Cc1sc2c(c1C)C(c1ccc(NC(=O)CCc3ccc(F)cc3)cc1)=N[C@@H](CC(=O)O)c1nnc(C)n1-2. The molecule has 0 bridgehead atoms. The molecule has 0 saturated heterocycles. The Morgan fingerprint density at radius 2 is 1.76 bits per heavy atom. The highest BCUT2D eigenvalue weighted by molar-refractivity contribution is 7.15. The quantitative estimate of drug-likeness (QED) is 0.335. The molecule has 194 valence electrons. The van der Waals surface area contributed by atoms with Crippen molar-refractivity contribution < 1.29 is 19.1 Å². The summed E-state index contributed by atoms with van der Waals surface area (Å²) in [5, 5.41) is 21.9. The largest absolute Gasteiger partial charge is 0.481 e. The number of hydrogen-bond donors (Lipinski definition) is 2. The predicted molar refractivity (Wildman–Crippen MR) is 144 cm³/mol. The number of aryl methyl sites for hydroxylation is 3. The standard InChI is InChI=1S/C28H26FN5O3S/c1-15-16(2)38-28-25(15)26(31-22(14-24(36)37)27-33-32-17(3)34(27)28)19-7-11-21(12-8-19)30-23(35)13-6-18-4-9-20(29)10-5-18/h4-5,7-12,22H,6,13-14H2,1-3H3,(H,30,35)(H,36,37)/t22-/m0/s1. The zero-order chi connectivity index (χ0) is 27.0. The average Bonchev–Trinajstić information content (AvgIpc) is 3.36. The van der Waals surface area contributed by atoms with Crippen LogP contribution in [0.5, 0.6) is 0 Å². The number of anilines is 1. The first-order valence-corrected chi connectivity index (χ1v) is 13.0. The number of thiophene rings is 1. The molecule has 8 nitrogen and oxygen atoms in total. The number of carboxylic acids is 1. The van der Waals surface area contributed by atoms with Gasteiger partial charge in [-0.15, -0.1) is 21.5 Å². The highest BCUT2D eigenvalue weighted by atomic mass is 32.1. The van der Waals surface area contributed by atoms with Crippen molar-refractivity contribution in [3.63, 3.8) is 0 Å². The van der Waals surface area contributed by atoms with Crippen LogP contribution in [0.2, 0.25) is 0 Å². The van der Waals surface area contributed by atoms with Crippen LogP contribution in [0.4, 0.5) is 10.1 Å². The van der Waals surface area contributed by atoms with E-state index in [2.05, 4.69) is 15.5 Å². The number of nitrogens with one attached hydrogen (secondary N) is 1. The number of carbonyl (C=O) groups is 2. The minimum absolute atomic E-state index is 0.143. The monoisotopic (exact) mass is 531 g/mol. The molecule has 0 aliphatic carbocycles. The van der Waals surface area contributed by atoms with Crippen molar-refractivity contribution in [3.05, 3.63) is 93.1 Å². The molecule has 0 spiro atoms. The molecule has 2 aromatic heterocycles. The molecule has 0 radical (unpaired) electrons. The Kier molecular flexibility index (Phi) is 6.90. The maximum Gasteiger partial charge on any atom is 0.306 e. The van der Waals surface area contributed by atoms with E-state index in [0.29, 0.717) is 29.5 Å². The first-order chi connectivity index (χ1) is 18.2. The zero-order valence-corrected chi connectivity index (χ0v) is 22.0. The summed E-state index contributed by atoms with van der Waals surface area (Å²) in [7, 11) is 0. The van der Waals surface area contributed by atoms with E-state index in [1.807, 2.05) is 49.6 Å². The number of aliphatic carboxylic acids is 1. The van der Waals surface area contributed by atoms with Crippen LogP contribution in [-0.2, 0) is 16.0 Å². The minimum Gasteiger partial charge on any atom is -0.481 e. The van der Waals surface area contributed by atoms with Crippen molar-refractivity contribution in [1.29, 1.82) is 0 Å². The van der Waals surface area contributed by atoms with E-state index in [1.54, 1.807) is 23.5 Å². The second-order valence-corrected chi connectivity index (χ2v) is 10.5. The Hall–Kier alpha value is -4.18. The van der Waals surface area contributed by atoms with Crippen molar-refractivity contribution >= 4 is 34.6 Å². The molecule has 2 N–H and O–H groups in total. The van der Waals surface area contributed by atoms with E-state index in [-0.39, 0.29) is 24.6 Å². The molecule has 1 aliphatic rings. The van der Waals surface area contributed by atoms with E-state index in [0.717, 1.165) is 32.1 Å². The number of carbonyl (C=O) groups excluding carboxylic acids is 1. The minimum atomic E-state index is -0.970. The molecular weight excluding hydrogens is 505 g/mol. The van der Waals surface area contributed by atoms with Crippen molar-refractivity contribution in [2.75, 3.05) is 5.32 Å². The third-order valence-corrected chi connectivity index (χ3v) is 7.80. The highest BCUT2D eigenvalue weighted by Crippen LogP contribution is 2.39. The van der Waals surface area contributed by atoms with Gasteiger partial charge in [-0.1, -0.05) is 24.3 Å². The topological polar surface area (TPSA) is 109 Å². The fourth-order valence-electron chi connectivity index (χ4n) is 4.53. The number of nitrogens with zero attached hydrogens (tertiary/aromatic N) is 4. The second kappa shape index (κ2) is 10.3. The molecule has 3 heterocycles. The van der Waals surface area contributed by atoms with Crippen molar-refractivity contribution in [1.82, 2.24) is 14.8 Å². The summed E-state index contributed by atoms with van der Waals surface area (Å²) in [6.45, 7) is 5.93. The van der Waals surface area contributed by atoms with Gasteiger partial charge in [0.2, 0.25) is 5.91 Å². The molecule has 1 aliphatic heterocycles. The molecule has 0 saturated carbocycles. The van der Waals surface area contributed by atoms with E-state index in [1.165, 1.54) is 12.1 Å². The van der Waals surface area contributed by atoms with E-state index < -0.39 is 12.0 Å². The number of aromatic nitrogens is 3. The fraction of sp³-hybridized carbons (Fsp3) is 0.250. The molecule has 1 amide bonds. The normalized spacial score (nSPS) is 14.3. The summed E-state index contributed by atoms with van der Waals surface area (Å²) in [6, 6.07) is 12.8. The smallest absolute Gasteiger partial charge is 0.306 e. The van der Waals surface area contributed by atoms with Crippen LogP contribution < -0.4 is 5.32 Å². The van der Waals surface area contributed by atoms with Gasteiger partial charge in [-0.3, -0.25) is 19.1 Å². The second-order valence-electron chi connectivity index (χ2n) is 9.25. The number of rotatable bonds is 7. The van der Waals surface area contributed by atoms with Gasteiger partial charge in [0, 0.05) is 28.1 Å². The molecule has 38 heavy (non-hydrogen) atoms. The van der Waals surface area contributed by atoms with E-state index >= 15 is 0 Å². The van der Waals surface area contributed by atoms with Gasteiger partial charge in [-0.2, -0.15) is 0 Å². The zero-order valence-electron chi connectivity index (χ0n) is 21.2. The van der Waals surface area contributed by atoms with Gasteiger partial charge in [-0.25, -0.2) is 4.39 Å². The lowest BCUT2D eigenvalue weighted by molar-refractivity contribution is -0.137. The number of amides is 1. The molecule has 10 heteroatoms. The lowest BCUT2D eigenvalue weighted by Gasteiger charge is -2.12. The maximum atomic E-state index is 13.1. The Morgan fingerprint density at radius 3 is 2.45 bits per heavy atom. The number of carboxylic acid groups (broad SMARTS) is 1. The third kappa shape index (κ3) is 4.99. The van der Waals surface area contributed by atoms with Crippen LogP contribution in [-0.4, -0.2) is 37.5 Å². The number of aliphatic imine (C=N–C) groups is 1. The van der Waals surface area contributed by atoms with Crippen LogP contribution in [0.3, 0.4) is 0 Å². The van der Waals surface area contributed by atoms with Crippen LogP contribution in [0.25, 0.3) is 5.00 Å². The predicted octanol–water partition coefficient (Wildman–Crippen LogP) is 5.33. The van der Waals surface area contributed by atoms with Crippen LogP contribution in [0, 0.1) is 26.6 Å². The number of hydrogen-bond acceptors (Lipinski definition) is 6. The van der Waals surface area contributed by atoms with Gasteiger partial charge in [0.15, 0.2) is 5.82 Å². The van der Waals surface area contributed by atoms with Gasteiger partial charge in [0.05, 0.1) is 12.1 Å². The molecule has 0 unspecified atom stereocenters. The lowest BCUT2D eigenvalue weighted by atomic mass is 9.99. The Bertz CT molecular complexity index is 1550. The summed E-state index contributed by atoms with van der Waals surface area (Å²) < 4.78 is 15.0. The first kappa shape index (κ1) is 25.5. The van der Waals surface area contributed by atoms with Crippen molar-refractivity contribution in [2.45, 2.75) is 46.1 Å². The Balaban J connectivity index is 1.43. The van der Waals surface area contributed by atoms with Crippen LogP contribution in [0.1, 0.15) is 57.7 Å². The average molecular weight is 532 g/mol. The summed E-state index contributed by atoms with van der Waals surface area (Å²) in [5.74, 6) is -0.236. The molecular formula is C28H26FN5O3S. The van der Waals surface area contributed by atoms with Gasteiger partial charge in [0.25, 0.3) is 0 Å². The number of fused-ring (bicyclic) bond motifs is 3. The number of benzene rings is 2. The Morgan fingerprint density at radius 1 is 1.05 bits per heavy atom.